The van der Waals surface area contributed by atoms with Gasteiger partial charge in [-0.2, -0.15) is 0 Å². The monoisotopic (exact) mass is 224 g/mol. The third kappa shape index (κ3) is 3.38. The van der Waals surface area contributed by atoms with Crippen molar-refractivity contribution in [1.29, 1.82) is 0 Å². The lowest BCUT2D eigenvalue weighted by atomic mass is 10.1. The molecule has 4 nitrogen and oxygen atoms in total. The Kier molecular flexibility index (Phi) is 5.05. The highest BCUT2D eigenvalue weighted by Gasteiger charge is 2.09. The van der Waals surface area contributed by atoms with Gasteiger partial charge >= 0.3 is 5.97 Å². The van der Waals surface area contributed by atoms with Crippen LogP contribution in [0.2, 0.25) is 0 Å². The molecule has 0 radical (unpaired) electrons. The Labute approximate surface area is 96.6 Å². The van der Waals surface area contributed by atoms with Gasteiger partial charge in [0, 0.05) is 18.4 Å². The van der Waals surface area contributed by atoms with E-state index in [9.17, 15) is 4.79 Å². The molecule has 90 valence electrons. The minimum absolute atomic E-state index is 0.192. The number of esters is 1. The van der Waals surface area contributed by atoms with Crippen LogP contribution in [0, 0.1) is 0 Å². The molecule has 4 heteroatoms. The molecular weight excluding hydrogens is 204 g/mol. The molecule has 1 unspecified atom stereocenters. The molecule has 1 aromatic rings. The van der Waals surface area contributed by atoms with Crippen molar-refractivity contribution in [2.45, 2.75) is 32.9 Å². The maximum atomic E-state index is 11.3. The fourth-order valence-electron chi connectivity index (χ4n) is 1.73. The first-order valence-corrected chi connectivity index (χ1v) is 5.69. The Hall–Kier alpha value is -1.29. The van der Waals surface area contributed by atoms with Crippen LogP contribution in [0.25, 0.3) is 0 Å². The van der Waals surface area contributed by atoms with Gasteiger partial charge in [0.1, 0.15) is 6.54 Å². The molecule has 0 bridgehead atoms. The standard InChI is InChI=1S/C12H20N2O2/c1-4-11(13-3)10-6-7-14(8-10)9-12(15)16-5-2/h6-8,11,13H,4-5,9H2,1-3H3. The van der Waals surface area contributed by atoms with Crippen LogP contribution in [0.3, 0.4) is 0 Å². The zero-order valence-electron chi connectivity index (χ0n) is 10.2. The summed E-state index contributed by atoms with van der Waals surface area (Å²) in [7, 11) is 1.94. The third-order valence-electron chi connectivity index (χ3n) is 2.55. The van der Waals surface area contributed by atoms with Gasteiger partial charge in [-0.05, 0) is 32.0 Å². The Balaban J connectivity index is 2.60. The Bertz CT molecular complexity index is 330. The lowest BCUT2D eigenvalue weighted by Gasteiger charge is -2.11. The number of hydrogen-bond acceptors (Lipinski definition) is 3. The van der Waals surface area contributed by atoms with E-state index in [1.807, 2.05) is 37.0 Å². The van der Waals surface area contributed by atoms with Gasteiger partial charge in [-0.15, -0.1) is 0 Å². The Morgan fingerprint density at radius 2 is 2.31 bits per heavy atom. The molecule has 1 atom stereocenters. The minimum Gasteiger partial charge on any atom is -0.465 e. The molecular formula is C12H20N2O2. The van der Waals surface area contributed by atoms with E-state index in [-0.39, 0.29) is 12.5 Å². The smallest absolute Gasteiger partial charge is 0.325 e. The van der Waals surface area contributed by atoms with Crippen molar-refractivity contribution < 1.29 is 9.53 Å². The minimum atomic E-state index is -0.192. The second kappa shape index (κ2) is 6.33. The van der Waals surface area contributed by atoms with Crippen molar-refractivity contribution in [1.82, 2.24) is 9.88 Å². The number of hydrogen-bond donors (Lipinski definition) is 1. The fourth-order valence-corrected chi connectivity index (χ4v) is 1.73. The average molecular weight is 224 g/mol. The van der Waals surface area contributed by atoms with E-state index in [4.69, 9.17) is 4.74 Å². The van der Waals surface area contributed by atoms with E-state index in [0.29, 0.717) is 12.6 Å². The second-order valence-corrected chi connectivity index (χ2v) is 3.67. The summed E-state index contributed by atoms with van der Waals surface area (Å²) in [5, 5.41) is 3.23. The average Bonchev–Trinajstić information content (AvgIpc) is 2.68. The number of nitrogens with one attached hydrogen (secondary N) is 1. The Morgan fingerprint density at radius 3 is 2.88 bits per heavy atom. The molecule has 0 saturated carbocycles. The molecule has 0 aromatic carbocycles. The van der Waals surface area contributed by atoms with E-state index in [1.54, 1.807) is 0 Å². The summed E-state index contributed by atoms with van der Waals surface area (Å²) in [5.41, 5.74) is 1.20. The van der Waals surface area contributed by atoms with E-state index in [2.05, 4.69) is 12.2 Å². The van der Waals surface area contributed by atoms with E-state index in [0.717, 1.165) is 6.42 Å². The van der Waals surface area contributed by atoms with Crippen LogP contribution in [0.1, 0.15) is 31.9 Å². The van der Waals surface area contributed by atoms with Crippen molar-refractivity contribution in [2.75, 3.05) is 13.7 Å². The van der Waals surface area contributed by atoms with Gasteiger partial charge in [0.2, 0.25) is 0 Å². The van der Waals surface area contributed by atoms with E-state index >= 15 is 0 Å². The van der Waals surface area contributed by atoms with Crippen molar-refractivity contribution in [3.63, 3.8) is 0 Å². The first kappa shape index (κ1) is 12.8. The summed E-state index contributed by atoms with van der Waals surface area (Å²) in [6, 6.07) is 2.38. The quantitative estimate of drug-likeness (QED) is 0.748. The summed E-state index contributed by atoms with van der Waals surface area (Å²) in [6.45, 7) is 4.66. The van der Waals surface area contributed by atoms with Crippen molar-refractivity contribution in [3.8, 4) is 0 Å². The normalized spacial score (nSPS) is 12.4. The molecule has 0 spiro atoms. The molecule has 1 heterocycles. The van der Waals surface area contributed by atoms with Crippen LogP contribution in [0.15, 0.2) is 18.5 Å². The van der Waals surface area contributed by atoms with Crippen LogP contribution >= 0.6 is 0 Å². The highest BCUT2D eigenvalue weighted by molar-refractivity contribution is 5.69. The van der Waals surface area contributed by atoms with Gasteiger partial charge in [-0.3, -0.25) is 4.79 Å². The summed E-state index contributed by atoms with van der Waals surface area (Å²) in [6.07, 6.45) is 4.92. The van der Waals surface area contributed by atoms with Gasteiger partial charge in [-0.1, -0.05) is 6.92 Å². The molecule has 0 amide bonds. The van der Waals surface area contributed by atoms with Gasteiger partial charge in [-0.25, -0.2) is 0 Å². The maximum absolute atomic E-state index is 11.3. The van der Waals surface area contributed by atoms with Crippen LogP contribution in [-0.4, -0.2) is 24.2 Å². The van der Waals surface area contributed by atoms with Crippen molar-refractivity contribution >= 4 is 5.97 Å². The first-order valence-electron chi connectivity index (χ1n) is 5.69. The highest BCUT2D eigenvalue weighted by Crippen LogP contribution is 2.16. The predicted octanol–water partition coefficient (Wildman–Crippen LogP) is 1.72. The van der Waals surface area contributed by atoms with Gasteiger partial charge in [0.05, 0.1) is 6.61 Å². The zero-order valence-corrected chi connectivity index (χ0v) is 10.2. The lowest BCUT2D eigenvalue weighted by molar-refractivity contribution is -0.143. The molecule has 0 aliphatic carbocycles. The number of aromatic nitrogens is 1. The third-order valence-corrected chi connectivity index (χ3v) is 2.55. The summed E-state index contributed by atoms with van der Waals surface area (Å²) in [5.74, 6) is -0.192. The summed E-state index contributed by atoms with van der Waals surface area (Å²) >= 11 is 0. The predicted molar refractivity (Wildman–Crippen MR) is 63.2 cm³/mol. The maximum Gasteiger partial charge on any atom is 0.325 e. The van der Waals surface area contributed by atoms with Gasteiger partial charge in [0.15, 0.2) is 0 Å². The summed E-state index contributed by atoms with van der Waals surface area (Å²) in [4.78, 5) is 11.3. The SMILES string of the molecule is CCOC(=O)Cn1ccc(C(CC)NC)c1. The second-order valence-electron chi connectivity index (χ2n) is 3.67. The molecule has 1 aromatic heterocycles. The zero-order chi connectivity index (χ0) is 12.0. The largest absolute Gasteiger partial charge is 0.465 e. The van der Waals surface area contributed by atoms with Gasteiger partial charge < -0.3 is 14.6 Å². The van der Waals surface area contributed by atoms with Crippen LogP contribution < -0.4 is 5.32 Å². The molecule has 1 N–H and O–H groups in total. The number of rotatable bonds is 6. The fraction of sp³-hybridized carbons (Fsp3) is 0.583. The molecule has 1 rings (SSSR count). The van der Waals surface area contributed by atoms with Crippen molar-refractivity contribution in [3.05, 3.63) is 24.0 Å². The molecule has 0 saturated heterocycles. The lowest BCUT2D eigenvalue weighted by Crippen LogP contribution is -2.15. The topological polar surface area (TPSA) is 43.3 Å². The Morgan fingerprint density at radius 1 is 1.56 bits per heavy atom. The molecule has 0 fully saturated rings. The van der Waals surface area contributed by atoms with Gasteiger partial charge in [0.25, 0.3) is 0 Å². The first-order chi connectivity index (χ1) is 7.71. The van der Waals surface area contributed by atoms with Crippen molar-refractivity contribution in [2.24, 2.45) is 0 Å². The van der Waals surface area contributed by atoms with E-state index < -0.39 is 0 Å². The number of nitrogens with zero attached hydrogens (tertiary/aromatic N) is 1. The molecule has 0 aliphatic heterocycles. The van der Waals surface area contributed by atoms with Crippen LogP contribution in [-0.2, 0) is 16.1 Å². The number of carbonyl (C=O) groups excluding carboxylic acids is 1. The summed E-state index contributed by atoms with van der Waals surface area (Å²) < 4.78 is 6.75. The van der Waals surface area contributed by atoms with E-state index in [1.165, 1.54) is 5.56 Å². The van der Waals surface area contributed by atoms with Crippen LogP contribution in [0.5, 0.6) is 0 Å². The number of ether oxygens (including phenoxy) is 1. The van der Waals surface area contributed by atoms with Crippen LogP contribution in [0.4, 0.5) is 0 Å². The number of carbonyl (C=O) groups is 1. The molecule has 0 aliphatic rings. The highest BCUT2D eigenvalue weighted by atomic mass is 16.5. The molecule has 16 heavy (non-hydrogen) atoms.